The van der Waals surface area contributed by atoms with Gasteiger partial charge in [-0.25, -0.2) is 0 Å². The Balaban J connectivity index is 2.23. The van der Waals surface area contributed by atoms with Crippen LogP contribution in [0.5, 0.6) is 0 Å². The number of nitrogens with one attached hydrogen (secondary N) is 2. The summed E-state index contributed by atoms with van der Waals surface area (Å²) in [6.07, 6.45) is 1.94. The summed E-state index contributed by atoms with van der Waals surface area (Å²) in [5, 5.41) is 13.3. The van der Waals surface area contributed by atoms with Gasteiger partial charge in [0.1, 0.15) is 0 Å². The summed E-state index contributed by atoms with van der Waals surface area (Å²) in [5.74, 6) is 0. The van der Waals surface area contributed by atoms with Crippen molar-refractivity contribution < 1.29 is 5.11 Å². The average Bonchev–Trinajstić information content (AvgIpc) is 2.93. The number of aliphatic hydroxyl groups is 1. The van der Waals surface area contributed by atoms with Crippen molar-refractivity contribution in [1.29, 1.82) is 0 Å². The van der Waals surface area contributed by atoms with Gasteiger partial charge in [0, 0.05) is 11.9 Å². The topological polar surface area (TPSA) is 48.0 Å². The zero-order chi connectivity index (χ0) is 14.6. The molecule has 1 aromatic heterocycles. The van der Waals surface area contributed by atoms with Crippen LogP contribution in [0, 0.1) is 5.41 Å². The molecule has 2 rings (SSSR count). The van der Waals surface area contributed by atoms with Crippen LogP contribution in [0.15, 0.2) is 48.7 Å². The van der Waals surface area contributed by atoms with Crippen LogP contribution in [0.3, 0.4) is 0 Å². The first-order valence-electron chi connectivity index (χ1n) is 7.07. The van der Waals surface area contributed by atoms with E-state index >= 15 is 0 Å². The quantitative estimate of drug-likeness (QED) is 0.781. The molecule has 0 bridgehead atoms. The molecule has 0 aliphatic heterocycles. The minimum atomic E-state index is -0.0660. The number of hydrogen-bond acceptors (Lipinski definition) is 2. The van der Waals surface area contributed by atoms with E-state index in [-0.39, 0.29) is 24.1 Å². The highest BCUT2D eigenvalue weighted by molar-refractivity contribution is 5.21. The van der Waals surface area contributed by atoms with Gasteiger partial charge in [-0.05, 0) is 23.1 Å². The lowest BCUT2D eigenvalue weighted by atomic mass is 9.84. The van der Waals surface area contributed by atoms with E-state index in [0.29, 0.717) is 0 Å². The van der Waals surface area contributed by atoms with E-state index in [1.54, 1.807) is 0 Å². The molecule has 108 valence electrons. The van der Waals surface area contributed by atoms with Gasteiger partial charge in [0.2, 0.25) is 0 Å². The second-order valence-corrected chi connectivity index (χ2v) is 6.24. The molecule has 0 fully saturated rings. The molecular weight excluding hydrogens is 248 g/mol. The molecule has 0 spiro atoms. The van der Waals surface area contributed by atoms with Gasteiger partial charge in [-0.15, -0.1) is 0 Å². The summed E-state index contributed by atoms with van der Waals surface area (Å²) in [7, 11) is 0. The Labute approximate surface area is 121 Å². The van der Waals surface area contributed by atoms with Crippen LogP contribution in [0.1, 0.15) is 44.1 Å². The van der Waals surface area contributed by atoms with Crippen molar-refractivity contribution in [1.82, 2.24) is 10.3 Å². The van der Waals surface area contributed by atoms with Crippen LogP contribution in [0.2, 0.25) is 0 Å². The van der Waals surface area contributed by atoms with Crippen LogP contribution < -0.4 is 5.32 Å². The molecular formula is C17H24N2O. The lowest BCUT2D eigenvalue weighted by Gasteiger charge is -2.34. The first-order chi connectivity index (χ1) is 9.52. The van der Waals surface area contributed by atoms with E-state index in [9.17, 15) is 5.11 Å². The zero-order valence-corrected chi connectivity index (χ0v) is 12.4. The lowest BCUT2D eigenvalue weighted by molar-refractivity contribution is 0.189. The monoisotopic (exact) mass is 272 g/mol. The third-order valence-corrected chi connectivity index (χ3v) is 3.55. The molecule has 3 heteroatoms. The van der Waals surface area contributed by atoms with Crippen LogP contribution in [-0.4, -0.2) is 16.7 Å². The molecule has 3 N–H and O–H groups in total. The largest absolute Gasteiger partial charge is 0.394 e. The van der Waals surface area contributed by atoms with E-state index in [4.69, 9.17) is 0 Å². The smallest absolute Gasteiger partial charge is 0.0626 e. The number of aliphatic hydroxyl groups excluding tert-OH is 1. The molecule has 0 unspecified atom stereocenters. The van der Waals surface area contributed by atoms with Crippen LogP contribution in [-0.2, 0) is 0 Å². The van der Waals surface area contributed by atoms with Gasteiger partial charge in [-0.3, -0.25) is 5.32 Å². The second kappa shape index (κ2) is 6.25. The minimum Gasteiger partial charge on any atom is -0.394 e. The normalized spacial score (nSPS) is 15.0. The molecule has 2 aromatic rings. The fraction of sp³-hybridized carbons (Fsp3) is 0.412. The summed E-state index contributed by atoms with van der Waals surface area (Å²) >= 11 is 0. The van der Waals surface area contributed by atoms with Crippen molar-refractivity contribution in [2.45, 2.75) is 32.9 Å². The number of H-pyrrole nitrogens is 1. The summed E-state index contributed by atoms with van der Waals surface area (Å²) in [4.78, 5) is 3.28. The predicted octanol–water partition coefficient (Wildman–Crippen LogP) is 3.43. The highest BCUT2D eigenvalue weighted by atomic mass is 16.3. The van der Waals surface area contributed by atoms with Gasteiger partial charge in [0.05, 0.1) is 18.7 Å². The molecule has 0 amide bonds. The van der Waals surface area contributed by atoms with E-state index in [1.807, 2.05) is 42.6 Å². The number of aromatic amines is 1. The number of benzene rings is 1. The van der Waals surface area contributed by atoms with Gasteiger partial charge < -0.3 is 10.1 Å². The summed E-state index contributed by atoms with van der Waals surface area (Å²) < 4.78 is 0. The van der Waals surface area contributed by atoms with Crippen molar-refractivity contribution in [2.75, 3.05) is 6.61 Å². The fourth-order valence-electron chi connectivity index (χ4n) is 2.47. The van der Waals surface area contributed by atoms with Gasteiger partial charge in [-0.2, -0.15) is 0 Å². The van der Waals surface area contributed by atoms with Crippen molar-refractivity contribution in [3.8, 4) is 0 Å². The zero-order valence-electron chi connectivity index (χ0n) is 12.4. The maximum Gasteiger partial charge on any atom is 0.0626 e. The van der Waals surface area contributed by atoms with E-state index in [2.05, 4.69) is 37.1 Å². The van der Waals surface area contributed by atoms with Crippen molar-refractivity contribution >= 4 is 0 Å². The second-order valence-electron chi connectivity index (χ2n) is 6.24. The molecule has 0 aliphatic rings. The van der Waals surface area contributed by atoms with Crippen LogP contribution >= 0.6 is 0 Å². The molecule has 1 aromatic carbocycles. The standard InChI is InChI=1S/C17H24N2O/c1-17(2,3)16(14-10-7-11-18-14)19-15(12-20)13-8-5-4-6-9-13/h4-11,15-16,18-20H,12H2,1-3H3/t15-,16-/m1/s1. The Hall–Kier alpha value is -1.58. The molecule has 3 nitrogen and oxygen atoms in total. The number of aromatic nitrogens is 1. The van der Waals surface area contributed by atoms with Crippen molar-refractivity contribution in [3.63, 3.8) is 0 Å². The average molecular weight is 272 g/mol. The highest BCUT2D eigenvalue weighted by Gasteiger charge is 2.29. The van der Waals surface area contributed by atoms with Gasteiger partial charge in [0.25, 0.3) is 0 Å². The van der Waals surface area contributed by atoms with Gasteiger partial charge in [-0.1, -0.05) is 51.1 Å². The SMILES string of the molecule is CC(C)(C)[C@H](N[C@H](CO)c1ccccc1)c1ccc[nH]1. The number of hydrogen-bond donors (Lipinski definition) is 3. The Kier molecular flexibility index (Phi) is 4.63. The molecule has 0 saturated carbocycles. The molecule has 0 aliphatic carbocycles. The Morgan fingerprint density at radius 1 is 1.10 bits per heavy atom. The summed E-state index contributed by atoms with van der Waals surface area (Å²) in [5.41, 5.74) is 2.30. The molecule has 20 heavy (non-hydrogen) atoms. The van der Waals surface area contributed by atoms with E-state index < -0.39 is 0 Å². The predicted molar refractivity (Wildman–Crippen MR) is 82.4 cm³/mol. The third kappa shape index (κ3) is 3.50. The highest BCUT2D eigenvalue weighted by Crippen LogP contribution is 2.34. The molecule has 0 radical (unpaired) electrons. The van der Waals surface area contributed by atoms with Gasteiger partial charge in [0.15, 0.2) is 0 Å². The third-order valence-electron chi connectivity index (χ3n) is 3.55. The van der Waals surface area contributed by atoms with Crippen LogP contribution in [0.25, 0.3) is 0 Å². The fourth-order valence-corrected chi connectivity index (χ4v) is 2.47. The van der Waals surface area contributed by atoms with E-state index in [1.165, 1.54) is 0 Å². The maximum atomic E-state index is 9.72. The first-order valence-corrected chi connectivity index (χ1v) is 7.07. The molecule has 0 saturated heterocycles. The number of rotatable bonds is 5. The maximum absolute atomic E-state index is 9.72. The minimum absolute atomic E-state index is 0.0487. The Morgan fingerprint density at radius 2 is 1.80 bits per heavy atom. The van der Waals surface area contributed by atoms with Crippen molar-refractivity contribution in [2.24, 2.45) is 5.41 Å². The summed E-state index contributed by atoms with van der Waals surface area (Å²) in [6, 6.07) is 14.3. The molecule has 2 atom stereocenters. The first kappa shape index (κ1) is 14.8. The van der Waals surface area contributed by atoms with Crippen LogP contribution in [0.4, 0.5) is 0 Å². The van der Waals surface area contributed by atoms with Crippen molar-refractivity contribution in [3.05, 3.63) is 59.9 Å². The van der Waals surface area contributed by atoms with Gasteiger partial charge >= 0.3 is 0 Å². The Bertz CT molecular complexity index is 500. The summed E-state index contributed by atoms with van der Waals surface area (Å²) in [6.45, 7) is 6.68. The Morgan fingerprint density at radius 3 is 2.30 bits per heavy atom. The molecule has 1 heterocycles. The lowest BCUT2D eigenvalue weighted by Crippen LogP contribution is -2.36. The van der Waals surface area contributed by atoms with E-state index in [0.717, 1.165) is 11.3 Å².